The standard InChI is InChI=1S/C14H15NO3/c1-2-3-4-5-6-11-7-13-14(18-10-17-13)8-12(11)9-15-16/h7-9,16H,2-4,10H2,1H3/b15-9+. The summed E-state index contributed by atoms with van der Waals surface area (Å²) in [5.74, 6) is 7.52. The fraction of sp³-hybridized carbons (Fsp3) is 0.357. The van der Waals surface area contributed by atoms with E-state index >= 15 is 0 Å². The van der Waals surface area contributed by atoms with Gasteiger partial charge in [0.25, 0.3) is 0 Å². The van der Waals surface area contributed by atoms with Gasteiger partial charge in [-0.15, -0.1) is 0 Å². The molecular formula is C14H15NO3. The minimum absolute atomic E-state index is 0.220. The summed E-state index contributed by atoms with van der Waals surface area (Å²) < 4.78 is 10.6. The summed E-state index contributed by atoms with van der Waals surface area (Å²) in [6.45, 7) is 2.35. The van der Waals surface area contributed by atoms with Crippen LogP contribution < -0.4 is 9.47 Å². The van der Waals surface area contributed by atoms with Gasteiger partial charge in [0.2, 0.25) is 6.79 Å². The van der Waals surface area contributed by atoms with Crippen molar-refractivity contribution in [1.29, 1.82) is 0 Å². The maximum atomic E-state index is 8.65. The van der Waals surface area contributed by atoms with Gasteiger partial charge in [0, 0.05) is 23.6 Å². The summed E-state index contributed by atoms with van der Waals surface area (Å²) in [6.07, 6.45) is 4.42. The first-order valence-corrected chi connectivity index (χ1v) is 5.95. The van der Waals surface area contributed by atoms with E-state index in [-0.39, 0.29) is 6.79 Å². The molecule has 1 aliphatic rings. The van der Waals surface area contributed by atoms with Crippen LogP contribution in [-0.4, -0.2) is 18.2 Å². The Bertz CT molecular complexity index is 512. The number of nitrogens with zero attached hydrogens (tertiary/aromatic N) is 1. The van der Waals surface area contributed by atoms with E-state index < -0.39 is 0 Å². The van der Waals surface area contributed by atoms with Gasteiger partial charge in [-0.25, -0.2) is 0 Å². The van der Waals surface area contributed by atoms with Gasteiger partial charge < -0.3 is 14.7 Å². The lowest BCUT2D eigenvalue weighted by Crippen LogP contribution is -1.92. The molecule has 2 rings (SSSR count). The molecule has 0 amide bonds. The third-order valence-electron chi connectivity index (χ3n) is 2.62. The van der Waals surface area contributed by atoms with Gasteiger partial charge in [0.15, 0.2) is 11.5 Å². The Labute approximate surface area is 106 Å². The molecule has 1 aliphatic heterocycles. The van der Waals surface area contributed by atoms with Crippen molar-refractivity contribution in [3.8, 4) is 23.3 Å². The molecular weight excluding hydrogens is 230 g/mol. The van der Waals surface area contributed by atoms with E-state index in [1.807, 2.05) is 6.07 Å². The van der Waals surface area contributed by atoms with Crippen LogP contribution in [0.25, 0.3) is 0 Å². The maximum absolute atomic E-state index is 8.65. The second-order valence-electron chi connectivity index (χ2n) is 3.94. The average Bonchev–Trinajstić information content (AvgIpc) is 2.82. The van der Waals surface area contributed by atoms with Crippen LogP contribution in [-0.2, 0) is 0 Å². The Hall–Kier alpha value is -2.15. The predicted molar refractivity (Wildman–Crippen MR) is 68.3 cm³/mol. The van der Waals surface area contributed by atoms with E-state index in [0.717, 1.165) is 30.4 Å². The lowest BCUT2D eigenvalue weighted by atomic mass is 10.1. The minimum atomic E-state index is 0.220. The number of fused-ring (bicyclic) bond motifs is 1. The Balaban J connectivity index is 2.28. The molecule has 1 aromatic carbocycles. The van der Waals surface area contributed by atoms with E-state index in [4.69, 9.17) is 14.7 Å². The largest absolute Gasteiger partial charge is 0.454 e. The molecule has 0 fully saturated rings. The zero-order valence-corrected chi connectivity index (χ0v) is 10.3. The SMILES string of the molecule is CCCCC#Cc1cc2c(cc1/C=N/O)OCO2. The maximum Gasteiger partial charge on any atom is 0.231 e. The zero-order valence-electron chi connectivity index (χ0n) is 10.3. The molecule has 1 aromatic rings. The van der Waals surface area contributed by atoms with Crippen molar-refractivity contribution in [2.24, 2.45) is 5.16 Å². The molecule has 0 saturated carbocycles. The highest BCUT2D eigenvalue weighted by atomic mass is 16.7. The van der Waals surface area contributed by atoms with Crippen molar-refractivity contribution >= 4 is 6.21 Å². The number of benzene rings is 1. The average molecular weight is 245 g/mol. The third-order valence-corrected chi connectivity index (χ3v) is 2.62. The summed E-state index contributed by atoms with van der Waals surface area (Å²) in [5.41, 5.74) is 1.51. The van der Waals surface area contributed by atoms with Crippen molar-refractivity contribution in [2.45, 2.75) is 26.2 Å². The monoisotopic (exact) mass is 245 g/mol. The van der Waals surface area contributed by atoms with Crippen LogP contribution in [0, 0.1) is 11.8 Å². The molecule has 4 nitrogen and oxygen atoms in total. The molecule has 0 atom stereocenters. The number of ether oxygens (including phenoxy) is 2. The highest BCUT2D eigenvalue weighted by molar-refractivity contribution is 5.84. The summed E-state index contributed by atoms with van der Waals surface area (Å²) >= 11 is 0. The molecule has 94 valence electrons. The lowest BCUT2D eigenvalue weighted by molar-refractivity contribution is 0.174. The Morgan fingerprint density at radius 3 is 2.89 bits per heavy atom. The van der Waals surface area contributed by atoms with Crippen LogP contribution in [0.1, 0.15) is 37.3 Å². The number of oxime groups is 1. The normalized spacial score (nSPS) is 12.5. The highest BCUT2D eigenvalue weighted by Crippen LogP contribution is 2.34. The highest BCUT2D eigenvalue weighted by Gasteiger charge is 2.15. The Morgan fingerprint density at radius 2 is 2.17 bits per heavy atom. The fourth-order valence-corrected chi connectivity index (χ4v) is 1.66. The summed E-state index contributed by atoms with van der Waals surface area (Å²) in [6, 6.07) is 3.59. The molecule has 1 heterocycles. The Morgan fingerprint density at radius 1 is 1.39 bits per heavy atom. The van der Waals surface area contributed by atoms with Crippen molar-refractivity contribution in [1.82, 2.24) is 0 Å². The van der Waals surface area contributed by atoms with E-state index in [0.29, 0.717) is 11.5 Å². The molecule has 0 radical (unpaired) electrons. The number of unbranched alkanes of at least 4 members (excludes halogenated alkanes) is 2. The third kappa shape index (κ3) is 2.75. The second kappa shape index (κ2) is 5.97. The van der Waals surface area contributed by atoms with Gasteiger partial charge in [-0.05, 0) is 12.5 Å². The van der Waals surface area contributed by atoms with Crippen molar-refractivity contribution in [2.75, 3.05) is 6.79 Å². The van der Waals surface area contributed by atoms with Crippen molar-refractivity contribution in [3.05, 3.63) is 23.3 Å². The molecule has 0 aliphatic carbocycles. The van der Waals surface area contributed by atoms with E-state index in [9.17, 15) is 0 Å². The summed E-state index contributed by atoms with van der Waals surface area (Å²) in [7, 11) is 0. The van der Waals surface area contributed by atoms with Gasteiger partial charge >= 0.3 is 0 Å². The molecule has 1 N–H and O–H groups in total. The zero-order chi connectivity index (χ0) is 12.8. The van der Waals surface area contributed by atoms with Gasteiger partial charge in [-0.1, -0.05) is 30.3 Å². The first kappa shape index (κ1) is 12.3. The topological polar surface area (TPSA) is 51.1 Å². The van der Waals surface area contributed by atoms with Crippen LogP contribution in [0.5, 0.6) is 11.5 Å². The molecule has 18 heavy (non-hydrogen) atoms. The first-order chi connectivity index (χ1) is 8.85. The number of rotatable bonds is 3. The van der Waals surface area contributed by atoms with Crippen molar-refractivity contribution in [3.63, 3.8) is 0 Å². The van der Waals surface area contributed by atoms with Crippen molar-refractivity contribution < 1.29 is 14.7 Å². The molecule has 0 unspecified atom stereocenters. The smallest absolute Gasteiger partial charge is 0.231 e. The fourth-order valence-electron chi connectivity index (χ4n) is 1.66. The van der Waals surface area contributed by atoms with E-state index in [2.05, 4.69) is 23.9 Å². The summed E-state index contributed by atoms with van der Waals surface area (Å²) in [4.78, 5) is 0. The number of hydrogen-bond acceptors (Lipinski definition) is 4. The minimum Gasteiger partial charge on any atom is -0.454 e. The molecule has 0 saturated heterocycles. The van der Waals surface area contributed by atoms with Crippen LogP contribution in [0.2, 0.25) is 0 Å². The first-order valence-electron chi connectivity index (χ1n) is 5.95. The molecule has 4 heteroatoms. The Kier molecular flexibility index (Phi) is 4.08. The van der Waals surface area contributed by atoms with Crippen LogP contribution >= 0.6 is 0 Å². The quantitative estimate of drug-likeness (QED) is 0.293. The van der Waals surface area contributed by atoms with Gasteiger partial charge in [-0.2, -0.15) is 0 Å². The van der Waals surface area contributed by atoms with Crippen LogP contribution in [0.15, 0.2) is 17.3 Å². The van der Waals surface area contributed by atoms with Crippen LogP contribution in [0.4, 0.5) is 0 Å². The molecule has 0 spiro atoms. The van der Waals surface area contributed by atoms with Gasteiger partial charge in [0.05, 0.1) is 6.21 Å². The molecule has 0 aromatic heterocycles. The van der Waals surface area contributed by atoms with Crippen LogP contribution in [0.3, 0.4) is 0 Å². The van der Waals surface area contributed by atoms with E-state index in [1.54, 1.807) is 6.07 Å². The number of hydrogen-bond donors (Lipinski definition) is 1. The van der Waals surface area contributed by atoms with Gasteiger partial charge in [-0.3, -0.25) is 0 Å². The molecule has 0 bridgehead atoms. The second-order valence-corrected chi connectivity index (χ2v) is 3.94. The lowest BCUT2D eigenvalue weighted by Gasteiger charge is -2.01. The van der Waals surface area contributed by atoms with E-state index in [1.165, 1.54) is 6.21 Å². The predicted octanol–water partition coefficient (Wildman–Crippen LogP) is 2.77. The van der Waals surface area contributed by atoms with Gasteiger partial charge in [0.1, 0.15) is 0 Å². The summed E-state index contributed by atoms with van der Waals surface area (Å²) in [5, 5.41) is 11.7.